The topological polar surface area (TPSA) is 26.8 Å². The summed E-state index contributed by atoms with van der Waals surface area (Å²) < 4.78 is 0. The van der Waals surface area contributed by atoms with Crippen LogP contribution in [0.25, 0.3) is 0 Å². The van der Waals surface area contributed by atoms with Gasteiger partial charge in [0.1, 0.15) is 6.29 Å². The van der Waals surface area contributed by atoms with Crippen LogP contribution in [0.1, 0.15) is 0 Å². The zero-order valence-corrected chi connectivity index (χ0v) is 8.90. The number of nitrogens with zero attached hydrogens (tertiary/aromatic N) is 3. The molecule has 1 saturated heterocycles. The van der Waals surface area contributed by atoms with Crippen molar-refractivity contribution in [2.24, 2.45) is 0 Å². The van der Waals surface area contributed by atoms with Crippen molar-refractivity contribution in [3.05, 3.63) is 0 Å². The monoisotopic (exact) mass is 185 g/mol. The van der Waals surface area contributed by atoms with E-state index in [9.17, 15) is 4.79 Å². The average molecular weight is 185 g/mol. The molecule has 0 aromatic heterocycles. The molecule has 0 bridgehead atoms. The molecule has 1 heterocycles. The first-order valence-corrected chi connectivity index (χ1v) is 4.60. The van der Waals surface area contributed by atoms with E-state index in [1.807, 2.05) is 21.1 Å². The Morgan fingerprint density at radius 1 is 1.23 bits per heavy atom. The Labute approximate surface area is 80.1 Å². The quantitative estimate of drug-likeness (QED) is 0.533. The summed E-state index contributed by atoms with van der Waals surface area (Å²) in [7, 11) is 8.09. The second kappa shape index (κ2) is 4.17. The summed E-state index contributed by atoms with van der Waals surface area (Å²) in [5.74, 6) is 0. The van der Waals surface area contributed by atoms with Crippen molar-refractivity contribution in [2.45, 2.75) is 12.2 Å². The lowest BCUT2D eigenvalue weighted by atomic mass is 10.1. The number of aldehydes is 1. The van der Waals surface area contributed by atoms with E-state index in [1.165, 1.54) is 0 Å². The molecular formula is C9H19N3O. The van der Waals surface area contributed by atoms with Crippen LogP contribution in [0.2, 0.25) is 0 Å². The minimum Gasteiger partial charge on any atom is -0.302 e. The van der Waals surface area contributed by atoms with Crippen LogP contribution in [0, 0.1) is 0 Å². The zero-order chi connectivity index (χ0) is 10.0. The first kappa shape index (κ1) is 10.6. The predicted octanol–water partition coefficient (Wildman–Crippen LogP) is -0.681. The Kier molecular flexibility index (Phi) is 3.41. The molecule has 0 spiro atoms. The maximum absolute atomic E-state index is 10.9. The van der Waals surface area contributed by atoms with Gasteiger partial charge in [0, 0.05) is 13.1 Å². The molecule has 1 fully saturated rings. The Bertz CT molecular complexity index is 184. The van der Waals surface area contributed by atoms with E-state index < -0.39 is 0 Å². The van der Waals surface area contributed by atoms with Gasteiger partial charge in [-0.15, -0.1) is 0 Å². The third-order valence-corrected chi connectivity index (χ3v) is 2.74. The van der Waals surface area contributed by atoms with Crippen LogP contribution in [0.15, 0.2) is 0 Å². The van der Waals surface area contributed by atoms with Gasteiger partial charge in [-0.2, -0.15) is 0 Å². The molecule has 0 aromatic carbocycles. The fourth-order valence-corrected chi connectivity index (χ4v) is 1.96. The fraction of sp³-hybridized carbons (Fsp3) is 0.889. The second-order valence-corrected chi connectivity index (χ2v) is 3.97. The van der Waals surface area contributed by atoms with E-state index >= 15 is 0 Å². The van der Waals surface area contributed by atoms with Gasteiger partial charge in [-0.1, -0.05) is 0 Å². The molecule has 0 aliphatic carbocycles. The van der Waals surface area contributed by atoms with Gasteiger partial charge in [0.25, 0.3) is 0 Å². The lowest BCUT2D eigenvalue weighted by molar-refractivity contribution is -0.120. The van der Waals surface area contributed by atoms with Gasteiger partial charge in [-0.3, -0.25) is 14.7 Å². The van der Waals surface area contributed by atoms with Gasteiger partial charge in [0.05, 0.1) is 12.2 Å². The van der Waals surface area contributed by atoms with Crippen LogP contribution >= 0.6 is 0 Å². The number of rotatable bonds is 2. The van der Waals surface area contributed by atoms with Crippen molar-refractivity contribution >= 4 is 6.29 Å². The maximum atomic E-state index is 10.9. The molecule has 4 heteroatoms. The zero-order valence-electron chi connectivity index (χ0n) is 8.90. The summed E-state index contributed by atoms with van der Waals surface area (Å²) in [6.45, 7) is 1.98. The molecule has 0 radical (unpaired) electrons. The van der Waals surface area contributed by atoms with E-state index in [1.54, 1.807) is 0 Å². The lowest BCUT2D eigenvalue weighted by Gasteiger charge is -2.45. The average Bonchev–Trinajstić information content (AvgIpc) is 2.07. The second-order valence-electron chi connectivity index (χ2n) is 3.97. The smallest absolute Gasteiger partial charge is 0.140 e. The van der Waals surface area contributed by atoms with Gasteiger partial charge >= 0.3 is 0 Å². The summed E-state index contributed by atoms with van der Waals surface area (Å²) in [5, 5.41) is 0. The summed E-state index contributed by atoms with van der Waals surface area (Å²) in [5.41, 5.74) is 0. The third kappa shape index (κ3) is 2.07. The summed E-state index contributed by atoms with van der Waals surface area (Å²) in [6.07, 6.45) is 1.25. The fourth-order valence-electron chi connectivity index (χ4n) is 1.96. The number of hydrogen-bond acceptors (Lipinski definition) is 4. The molecule has 0 saturated carbocycles. The van der Waals surface area contributed by atoms with Crippen molar-refractivity contribution in [1.29, 1.82) is 0 Å². The van der Waals surface area contributed by atoms with E-state index in [4.69, 9.17) is 0 Å². The van der Waals surface area contributed by atoms with E-state index in [-0.39, 0.29) is 12.2 Å². The highest BCUT2D eigenvalue weighted by molar-refractivity contribution is 5.59. The van der Waals surface area contributed by atoms with Gasteiger partial charge in [0.15, 0.2) is 0 Å². The minimum atomic E-state index is -0.00579. The van der Waals surface area contributed by atoms with Crippen molar-refractivity contribution in [2.75, 3.05) is 41.3 Å². The number of hydrogen-bond donors (Lipinski definition) is 0. The van der Waals surface area contributed by atoms with Crippen LogP contribution in [0.5, 0.6) is 0 Å². The van der Waals surface area contributed by atoms with E-state index in [2.05, 4.69) is 21.7 Å². The molecule has 0 N–H and O–H groups in total. The molecule has 2 unspecified atom stereocenters. The van der Waals surface area contributed by atoms with Gasteiger partial charge in [0.2, 0.25) is 0 Å². The number of piperazine rings is 1. The standard InChI is InChI=1S/C9H19N3O/c1-10(2)9-8(7-13)11(3)5-6-12(9)4/h7-9H,5-6H2,1-4H3. The van der Waals surface area contributed by atoms with Crippen LogP contribution < -0.4 is 0 Å². The molecule has 2 atom stereocenters. The van der Waals surface area contributed by atoms with Gasteiger partial charge < -0.3 is 4.79 Å². The number of likely N-dealkylation sites (N-methyl/N-ethyl adjacent to an activating group) is 3. The SMILES string of the molecule is CN(C)C1C(C=O)N(C)CCN1C. The molecule has 0 amide bonds. The Hall–Kier alpha value is -0.450. The predicted molar refractivity (Wildman–Crippen MR) is 52.6 cm³/mol. The van der Waals surface area contributed by atoms with Crippen molar-refractivity contribution in [3.63, 3.8) is 0 Å². The van der Waals surface area contributed by atoms with Crippen molar-refractivity contribution < 1.29 is 4.79 Å². The lowest BCUT2D eigenvalue weighted by Crippen LogP contribution is -2.62. The molecule has 4 nitrogen and oxygen atoms in total. The first-order chi connectivity index (χ1) is 6.07. The highest BCUT2D eigenvalue weighted by Crippen LogP contribution is 2.14. The third-order valence-electron chi connectivity index (χ3n) is 2.74. The summed E-state index contributed by atoms with van der Waals surface area (Å²) in [6, 6.07) is -0.00579. The normalized spacial score (nSPS) is 32.4. The molecule has 13 heavy (non-hydrogen) atoms. The van der Waals surface area contributed by atoms with E-state index in [0.29, 0.717) is 0 Å². The molecule has 1 aliphatic rings. The van der Waals surface area contributed by atoms with Crippen molar-refractivity contribution in [1.82, 2.24) is 14.7 Å². The highest BCUT2D eigenvalue weighted by Gasteiger charge is 2.33. The Balaban J connectivity index is 2.77. The number of carbonyl (C=O) groups is 1. The number of carbonyl (C=O) groups excluding carboxylic acids is 1. The summed E-state index contributed by atoms with van der Waals surface area (Å²) in [4.78, 5) is 17.4. The van der Waals surface area contributed by atoms with Crippen LogP contribution in [-0.2, 0) is 4.79 Å². The molecule has 76 valence electrons. The Morgan fingerprint density at radius 2 is 1.77 bits per heavy atom. The van der Waals surface area contributed by atoms with Crippen LogP contribution in [0.3, 0.4) is 0 Å². The van der Waals surface area contributed by atoms with Gasteiger partial charge in [-0.25, -0.2) is 0 Å². The van der Waals surface area contributed by atoms with Crippen LogP contribution in [0.4, 0.5) is 0 Å². The largest absolute Gasteiger partial charge is 0.302 e. The molecular weight excluding hydrogens is 166 g/mol. The highest BCUT2D eigenvalue weighted by atomic mass is 16.1. The molecule has 0 aromatic rings. The van der Waals surface area contributed by atoms with E-state index in [0.717, 1.165) is 19.4 Å². The summed E-state index contributed by atoms with van der Waals surface area (Å²) >= 11 is 0. The van der Waals surface area contributed by atoms with Crippen LogP contribution in [-0.4, -0.2) is 74.5 Å². The van der Waals surface area contributed by atoms with Gasteiger partial charge in [-0.05, 0) is 28.2 Å². The minimum absolute atomic E-state index is 0.00579. The first-order valence-electron chi connectivity index (χ1n) is 4.60. The Morgan fingerprint density at radius 3 is 2.15 bits per heavy atom. The molecule has 1 rings (SSSR count). The maximum Gasteiger partial charge on any atom is 0.140 e. The molecule has 1 aliphatic heterocycles. The van der Waals surface area contributed by atoms with Crippen molar-refractivity contribution in [3.8, 4) is 0 Å².